The molecule has 1 amide bonds. The molecule has 0 spiro atoms. The molecule has 0 aliphatic carbocycles. The van der Waals surface area contributed by atoms with E-state index in [2.05, 4.69) is 0 Å². The second kappa shape index (κ2) is 9.38. The van der Waals surface area contributed by atoms with Crippen LogP contribution in [0.25, 0.3) is 0 Å². The second-order valence-corrected chi connectivity index (χ2v) is 6.84. The molecule has 0 radical (unpaired) electrons. The van der Waals surface area contributed by atoms with Crippen LogP contribution in [-0.2, 0) is 6.42 Å². The number of amides is 1. The van der Waals surface area contributed by atoms with Crippen LogP contribution in [-0.4, -0.2) is 30.4 Å². The van der Waals surface area contributed by atoms with Crippen LogP contribution in [0.4, 0.5) is 0 Å². The maximum atomic E-state index is 12.5. The van der Waals surface area contributed by atoms with Gasteiger partial charge in [-0.3, -0.25) is 4.79 Å². The summed E-state index contributed by atoms with van der Waals surface area (Å²) in [4.78, 5) is 14.2. The Labute approximate surface area is 150 Å². The molecule has 0 bridgehead atoms. The van der Waals surface area contributed by atoms with Gasteiger partial charge in [-0.1, -0.05) is 53.5 Å². The summed E-state index contributed by atoms with van der Waals surface area (Å²) in [6.07, 6.45) is 0.780. The summed E-state index contributed by atoms with van der Waals surface area (Å²) in [6, 6.07) is 11.6. The fourth-order valence-electron chi connectivity index (χ4n) is 2.04. The number of halogens is 3. The molecule has 120 valence electrons. The molecular formula is C15H17Cl3N2OS. The van der Waals surface area contributed by atoms with E-state index >= 15 is 0 Å². The summed E-state index contributed by atoms with van der Waals surface area (Å²) in [6.45, 7) is 1.51. The Morgan fingerprint density at radius 3 is 2.41 bits per heavy atom. The van der Waals surface area contributed by atoms with Gasteiger partial charge in [-0.2, -0.15) is 0 Å². The van der Waals surface area contributed by atoms with Crippen LogP contribution in [0.1, 0.15) is 15.9 Å². The predicted octanol–water partition coefficient (Wildman–Crippen LogP) is 4.12. The third-order valence-corrected chi connectivity index (χ3v) is 4.57. The van der Waals surface area contributed by atoms with Crippen molar-refractivity contribution in [3.05, 3.63) is 56.2 Å². The first kappa shape index (κ1) is 19.3. The van der Waals surface area contributed by atoms with Crippen LogP contribution in [0, 0.1) is 0 Å². The van der Waals surface area contributed by atoms with Gasteiger partial charge < -0.3 is 10.6 Å². The maximum absolute atomic E-state index is 12.5. The Balaban J connectivity index is 0.00000242. The van der Waals surface area contributed by atoms with Crippen molar-refractivity contribution < 1.29 is 4.79 Å². The van der Waals surface area contributed by atoms with Crippen molar-refractivity contribution in [2.45, 2.75) is 6.42 Å². The van der Waals surface area contributed by atoms with Crippen molar-refractivity contribution in [2.75, 3.05) is 19.6 Å². The van der Waals surface area contributed by atoms with Crippen molar-refractivity contribution in [3.63, 3.8) is 0 Å². The fraction of sp³-hybridized carbons (Fsp3) is 0.267. The second-order valence-electron chi connectivity index (χ2n) is 4.55. The van der Waals surface area contributed by atoms with Crippen molar-refractivity contribution >= 4 is 52.9 Å². The number of hydrogen-bond donors (Lipinski definition) is 1. The molecule has 3 nitrogen and oxygen atoms in total. The standard InChI is InChI=1S/C15H16Cl2N2OS.ClH/c16-13-10-12(14(17)21-13)15(20)19(9-7-18)8-6-11-4-2-1-3-5-11;/h1-5,10H,6-9,18H2;1H. The quantitative estimate of drug-likeness (QED) is 0.820. The molecule has 0 aliphatic heterocycles. The van der Waals surface area contributed by atoms with Gasteiger partial charge >= 0.3 is 0 Å². The summed E-state index contributed by atoms with van der Waals surface area (Å²) >= 11 is 13.2. The molecule has 0 saturated carbocycles. The molecule has 0 atom stereocenters. The number of nitrogens with two attached hydrogens (primary N) is 1. The number of hydrogen-bond acceptors (Lipinski definition) is 3. The molecule has 1 aromatic carbocycles. The Kier molecular flexibility index (Phi) is 8.21. The van der Waals surface area contributed by atoms with Gasteiger partial charge in [0.25, 0.3) is 5.91 Å². The Morgan fingerprint density at radius 2 is 1.86 bits per heavy atom. The SMILES string of the molecule is Cl.NCCN(CCc1ccccc1)C(=O)c1cc(Cl)sc1Cl. The van der Waals surface area contributed by atoms with E-state index < -0.39 is 0 Å². The van der Waals surface area contributed by atoms with Crippen LogP contribution in [0.5, 0.6) is 0 Å². The van der Waals surface area contributed by atoms with Gasteiger partial charge in [0.1, 0.15) is 4.34 Å². The summed E-state index contributed by atoms with van der Waals surface area (Å²) in [5, 5.41) is 0. The molecule has 0 fully saturated rings. The highest BCUT2D eigenvalue weighted by molar-refractivity contribution is 7.20. The van der Waals surface area contributed by atoms with Gasteiger partial charge in [-0.25, -0.2) is 0 Å². The molecule has 22 heavy (non-hydrogen) atoms. The summed E-state index contributed by atoms with van der Waals surface area (Å²) in [7, 11) is 0. The minimum atomic E-state index is -0.121. The molecule has 2 N–H and O–H groups in total. The highest BCUT2D eigenvalue weighted by Gasteiger charge is 2.20. The number of benzene rings is 1. The van der Waals surface area contributed by atoms with Crippen molar-refractivity contribution in [2.24, 2.45) is 5.73 Å². The number of nitrogens with zero attached hydrogens (tertiary/aromatic N) is 1. The minimum Gasteiger partial charge on any atom is -0.337 e. The zero-order chi connectivity index (χ0) is 15.2. The number of carbonyl (C=O) groups excluding carboxylic acids is 1. The molecule has 1 heterocycles. The third kappa shape index (κ3) is 5.14. The lowest BCUT2D eigenvalue weighted by atomic mass is 10.1. The summed E-state index contributed by atoms with van der Waals surface area (Å²) < 4.78 is 0.936. The largest absolute Gasteiger partial charge is 0.337 e. The van der Waals surface area contributed by atoms with Crippen molar-refractivity contribution in [1.82, 2.24) is 4.90 Å². The molecular weight excluding hydrogens is 363 g/mol. The Hall–Kier alpha value is -0.780. The first-order chi connectivity index (χ1) is 10.1. The number of rotatable bonds is 6. The first-order valence-corrected chi connectivity index (χ1v) is 8.17. The van der Waals surface area contributed by atoms with E-state index in [0.717, 1.165) is 6.42 Å². The van der Waals surface area contributed by atoms with Crippen molar-refractivity contribution in [3.8, 4) is 0 Å². The lowest BCUT2D eigenvalue weighted by Gasteiger charge is -2.21. The van der Waals surface area contributed by atoms with Crippen LogP contribution in [0.3, 0.4) is 0 Å². The van der Waals surface area contributed by atoms with Crippen LogP contribution in [0.2, 0.25) is 8.67 Å². The third-order valence-electron chi connectivity index (χ3n) is 3.09. The monoisotopic (exact) mass is 378 g/mol. The zero-order valence-electron chi connectivity index (χ0n) is 11.8. The smallest absolute Gasteiger partial charge is 0.256 e. The molecule has 0 unspecified atom stereocenters. The van der Waals surface area contributed by atoms with E-state index in [4.69, 9.17) is 28.9 Å². The molecule has 2 aromatic rings. The van der Waals surface area contributed by atoms with Gasteiger partial charge in [0.05, 0.1) is 9.90 Å². The maximum Gasteiger partial charge on any atom is 0.256 e. The van der Waals surface area contributed by atoms with Crippen LogP contribution < -0.4 is 5.73 Å². The summed E-state index contributed by atoms with van der Waals surface area (Å²) in [5.74, 6) is -0.121. The van der Waals surface area contributed by atoms with Gasteiger partial charge in [-0.05, 0) is 18.1 Å². The zero-order valence-corrected chi connectivity index (χ0v) is 14.9. The average molecular weight is 380 g/mol. The van der Waals surface area contributed by atoms with Crippen molar-refractivity contribution in [1.29, 1.82) is 0 Å². The predicted molar refractivity (Wildman–Crippen MR) is 96.7 cm³/mol. The topological polar surface area (TPSA) is 46.3 Å². The molecule has 0 saturated heterocycles. The van der Waals surface area contributed by atoms with Gasteiger partial charge in [0.2, 0.25) is 0 Å². The normalized spacial score (nSPS) is 10.1. The molecule has 2 rings (SSSR count). The van der Waals surface area contributed by atoms with E-state index in [1.807, 2.05) is 30.3 Å². The molecule has 7 heteroatoms. The lowest BCUT2D eigenvalue weighted by Crippen LogP contribution is -2.36. The lowest BCUT2D eigenvalue weighted by molar-refractivity contribution is 0.0763. The highest BCUT2D eigenvalue weighted by atomic mass is 35.5. The molecule has 1 aromatic heterocycles. The van der Waals surface area contributed by atoms with Crippen LogP contribution in [0.15, 0.2) is 36.4 Å². The van der Waals surface area contributed by atoms with E-state index in [-0.39, 0.29) is 18.3 Å². The first-order valence-electron chi connectivity index (χ1n) is 6.60. The average Bonchev–Trinajstić information content (AvgIpc) is 2.82. The number of thiophene rings is 1. The van der Waals surface area contributed by atoms with E-state index in [1.54, 1.807) is 11.0 Å². The fourth-order valence-corrected chi connectivity index (χ4v) is 3.48. The number of carbonyl (C=O) groups is 1. The van der Waals surface area contributed by atoms with Gasteiger partial charge in [-0.15, -0.1) is 23.7 Å². The Morgan fingerprint density at radius 1 is 1.18 bits per heavy atom. The molecule has 0 aliphatic rings. The van der Waals surface area contributed by atoms with E-state index in [0.29, 0.717) is 33.9 Å². The Bertz CT molecular complexity index is 604. The van der Waals surface area contributed by atoms with Crippen LogP contribution >= 0.6 is 46.9 Å². The van der Waals surface area contributed by atoms with Gasteiger partial charge in [0.15, 0.2) is 0 Å². The van der Waals surface area contributed by atoms with E-state index in [1.165, 1.54) is 16.9 Å². The highest BCUT2D eigenvalue weighted by Crippen LogP contribution is 2.31. The summed E-state index contributed by atoms with van der Waals surface area (Å²) in [5.41, 5.74) is 7.24. The van der Waals surface area contributed by atoms with E-state index in [9.17, 15) is 4.79 Å². The van der Waals surface area contributed by atoms with Gasteiger partial charge in [0, 0.05) is 19.6 Å². The minimum absolute atomic E-state index is 0.